The van der Waals surface area contributed by atoms with Crippen LogP contribution in [0.3, 0.4) is 0 Å². The molecule has 0 bridgehead atoms. The molecule has 2 rings (SSSR count). The largest absolute Gasteiger partial charge is 0.367 e. The number of hydrogen-bond acceptors (Lipinski definition) is 3. The molecule has 0 radical (unpaired) electrons. The zero-order valence-corrected chi connectivity index (χ0v) is 6.69. The molecule has 4 nitrogen and oxygen atoms in total. The van der Waals surface area contributed by atoms with Gasteiger partial charge in [0, 0.05) is 13.2 Å². The van der Waals surface area contributed by atoms with Gasteiger partial charge in [-0.1, -0.05) is 5.16 Å². The summed E-state index contributed by atoms with van der Waals surface area (Å²) in [4.78, 5) is 0. The predicted octanol–water partition coefficient (Wildman–Crippen LogP) is 1.26. The van der Waals surface area contributed by atoms with Crippen LogP contribution >= 0.6 is 0 Å². The fraction of sp³-hybridized carbons (Fsp3) is 0.125. The van der Waals surface area contributed by atoms with Gasteiger partial charge in [0.05, 0.1) is 17.5 Å². The predicted molar refractivity (Wildman–Crippen MR) is 45.3 cm³/mol. The molecule has 0 amide bonds. The Bertz CT molecular complexity index is 350. The smallest absolute Gasteiger partial charge is 0.231 e. The van der Waals surface area contributed by atoms with Gasteiger partial charge in [-0.05, 0) is 12.1 Å². The molecule has 0 aliphatic rings. The summed E-state index contributed by atoms with van der Waals surface area (Å²) in [5, 5.41) is 3.61. The van der Waals surface area contributed by atoms with Gasteiger partial charge in [0.15, 0.2) is 0 Å². The Balaban J connectivity index is 2.57. The van der Waals surface area contributed by atoms with Crippen molar-refractivity contribution in [2.45, 2.75) is 0 Å². The lowest BCUT2D eigenvalue weighted by atomic mass is 10.2. The van der Waals surface area contributed by atoms with Crippen LogP contribution in [0.1, 0.15) is 0 Å². The first kappa shape index (κ1) is 6.97. The van der Waals surface area contributed by atoms with Crippen molar-refractivity contribution in [2.75, 3.05) is 5.73 Å². The molecule has 0 spiro atoms. The molecule has 12 heavy (non-hydrogen) atoms. The molecule has 2 aromatic heterocycles. The second-order valence-electron chi connectivity index (χ2n) is 2.61. The number of nitrogens with two attached hydrogens (primary N) is 1. The molecule has 0 aliphatic carbocycles. The lowest BCUT2D eigenvalue weighted by Crippen LogP contribution is -1.91. The summed E-state index contributed by atoms with van der Waals surface area (Å²) < 4.78 is 6.72. The number of nitrogens with zero attached hydrogens (tertiary/aromatic N) is 2. The second-order valence-corrected chi connectivity index (χ2v) is 2.61. The van der Waals surface area contributed by atoms with E-state index in [0.29, 0.717) is 5.88 Å². The van der Waals surface area contributed by atoms with Crippen LogP contribution in [0.2, 0.25) is 0 Å². The minimum absolute atomic E-state index is 0.358. The van der Waals surface area contributed by atoms with Crippen LogP contribution in [0.4, 0.5) is 5.88 Å². The molecule has 62 valence electrons. The van der Waals surface area contributed by atoms with Crippen molar-refractivity contribution in [3.63, 3.8) is 0 Å². The number of nitrogen functional groups attached to an aromatic ring is 1. The number of hydrogen-bond donors (Lipinski definition) is 1. The lowest BCUT2D eigenvalue weighted by molar-refractivity contribution is 0.436. The summed E-state index contributed by atoms with van der Waals surface area (Å²) in [6.45, 7) is 0. The Morgan fingerprint density at radius 1 is 1.58 bits per heavy atom. The van der Waals surface area contributed by atoms with Gasteiger partial charge in [-0.3, -0.25) is 0 Å². The standard InChI is InChI=1S/C8H9N3O/c1-11-4-2-3-7(11)6-5-10-12-8(6)9/h2-5H,9H2,1H3. The average molecular weight is 163 g/mol. The molecule has 0 saturated carbocycles. The SMILES string of the molecule is Cn1cccc1-c1cnoc1N. The van der Waals surface area contributed by atoms with Gasteiger partial charge in [-0.2, -0.15) is 0 Å². The van der Waals surface area contributed by atoms with Crippen molar-refractivity contribution in [3.8, 4) is 11.3 Å². The van der Waals surface area contributed by atoms with Crippen LogP contribution in [0.15, 0.2) is 29.0 Å². The number of anilines is 1. The molecule has 0 atom stereocenters. The third kappa shape index (κ3) is 0.887. The summed E-state index contributed by atoms with van der Waals surface area (Å²) in [5.74, 6) is 0.358. The van der Waals surface area contributed by atoms with Gasteiger partial charge in [0.25, 0.3) is 0 Å². The number of aryl methyl sites for hydroxylation is 1. The lowest BCUT2D eigenvalue weighted by Gasteiger charge is -1.98. The van der Waals surface area contributed by atoms with Gasteiger partial charge >= 0.3 is 0 Å². The molecular formula is C8H9N3O. The van der Waals surface area contributed by atoms with Gasteiger partial charge in [0.2, 0.25) is 5.88 Å². The minimum atomic E-state index is 0.358. The Morgan fingerprint density at radius 2 is 2.42 bits per heavy atom. The number of rotatable bonds is 1. The van der Waals surface area contributed by atoms with Crippen molar-refractivity contribution in [1.29, 1.82) is 0 Å². The van der Waals surface area contributed by atoms with Gasteiger partial charge < -0.3 is 14.8 Å². The zero-order valence-electron chi connectivity index (χ0n) is 6.69. The Hall–Kier alpha value is -1.71. The van der Waals surface area contributed by atoms with Crippen LogP contribution in [0, 0.1) is 0 Å². The highest BCUT2D eigenvalue weighted by atomic mass is 16.5. The van der Waals surface area contributed by atoms with Crippen LogP contribution in [-0.4, -0.2) is 9.72 Å². The van der Waals surface area contributed by atoms with Gasteiger partial charge in [-0.25, -0.2) is 0 Å². The molecule has 2 heterocycles. The summed E-state index contributed by atoms with van der Waals surface area (Å²) >= 11 is 0. The first-order valence-electron chi connectivity index (χ1n) is 3.61. The van der Waals surface area contributed by atoms with E-state index in [1.54, 1.807) is 6.20 Å². The highest BCUT2D eigenvalue weighted by Crippen LogP contribution is 2.24. The van der Waals surface area contributed by atoms with E-state index < -0.39 is 0 Å². The fourth-order valence-corrected chi connectivity index (χ4v) is 1.18. The van der Waals surface area contributed by atoms with Crippen molar-refractivity contribution in [3.05, 3.63) is 24.5 Å². The third-order valence-electron chi connectivity index (χ3n) is 1.82. The average Bonchev–Trinajstić information content (AvgIpc) is 2.59. The monoisotopic (exact) mass is 163 g/mol. The molecule has 0 unspecified atom stereocenters. The molecule has 4 heteroatoms. The van der Waals surface area contributed by atoms with E-state index in [0.717, 1.165) is 11.3 Å². The zero-order chi connectivity index (χ0) is 8.55. The normalized spacial score (nSPS) is 10.4. The first-order chi connectivity index (χ1) is 5.79. The van der Waals surface area contributed by atoms with Crippen molar-refractivity contribution in [2.24, 2.45) is 7.05 Å². The van der Waals surface area contributed by atoms with E-state index >= 15 is 0 Å². The van der Waals surface area contributed by atoms with Crippen LogP contribution < -0.4 is 5.73 Å². The second kappa shape index (κ2) is 2.41. The van der Waals surface area contributed by atoms with Crippen LogP contribution in [0.5, 0.6) is 0 Å². The summed E-state index contributed by atoms with van der Waals surface area (Å²) in [6, 6.07) is 3.91. The molecule has 0 aliphatic heterocycles. The quantitative estimate of drug-likeness (QED) is 0.688. The maximum atomic E-state index is 5.56. The van der Waals surface area contributed by atoms with E-state index in [2.05, 4.69) is 5.16 Å². The molecule has 2 N–H and O–H groups in total. The molecule has 2 aromatic rings. The summed E-state index contributed by atoms with van der Waals surface area (Å²) in [6.07, 6.45) is 3.56. The van der Waals surface area contributed by atoms with Crippen LogP contribution in [-0.2, 0) is 7.05 Å². The topological polar surface area (TPSA) is 57.0 Å². The number of aromatic nitrogens is 2. The van der Waals surface area contributed by atoms with E-state index in [9.17, 15) is 0 Å². The minimum Gasteiger partial charge on any atom is -0.367 e. The third-order valence-corrected chi connectivity index (χ3v) is 1.82. The van der Waals surface area contributed by atoms with E-state index in [1.807, 2.05) is 29.9 Å². The first-order valence-corrected chi connectivity index (χ1v) is 3.61. The molecule has 0 aromatic carbocycles. The Labute approximate surface area is 69.6 Å². The van der Waals surface area contributed by atoms with Crippen molar-refractivity contribution >= 4 is 5.88 Å². The van der Waals surface area contributed by atoms with Crippen LogP contribution in [0.25, 0.3) is 11.3 Å². The van der Waals surface area contributed by atoms with Gasteiger partial charge in [-0.15, -0.1) is 0 Å². The van der Waals surface area contributed by atoms with Gasteiger partial charge in [0.1, 0.15) is 0 Å². The molecule has 0 fully saturated rings. The Morgan fingerprint density at radius 3 is 2.92 bits per heavy atom. The summed E-state index contributed by atoms with van der Waals surface area (Å²) in [7, 11) is 1.95. The maximum Gasteiger partial charge on any atom is 0.231 e. The van der Waals surface area contributed by atoms with E-state index in [-0.39, 0.29) is 0 Å². The van der Waals surface area contributed by atoms with Crippen molar-refractivity contribution < 1.29 is 4.52 Å². The maximum absolute atomic E-state index is 5.56. The highest BCUT2D eigenvalue weighted by molar-refractivity contribution is 5.69. The van der Waals surface area contributed by atoms with Crippen molar-refractivity contribution in [1.82, 2.24) is 9.72 Å². The molecular weight excluding hydrogens is 154 g/mol. The highest BCUT2D eigenvalue weighted by Gasteiger charge is 2.08. The molecule has 0 saturated heterocycles. The van der Waals surface area contributed by atoms with E-state index in [4.69, 9.17) is 10.3 Å². The van der Waals surface area contributed by atoms with E-state index in [1.165, 1.54) is 0 Å². The summed E-state index contributed by atoms with van der Waals surface area (Å²) in [5.41, 5.74) is 7.40. The fourth-order valence-electron chi connectivity index (χ4n) is 1.18. The Kier molecular flexibility index (Phi) is 1.40.